The second-order valence-corrected chi connectivity index (χ2v) is 4.57. The minimum Gasteiger partial charge on any atom is -0.373 e. The zero-order valence-corrected chi connectivity index (χ0v) is 11.4. The van der Waals surface area contributed by atoms with E-state index in [-0.39, 0.29) is 0 Å². The molecule has 0 amide bonds. The highest BCUT2D eigenvalue weighted by atomic mass is 15.0. The Bertz CT molecular complexity index is 704. The van der Waals surface area contributed by atoms with Crippen LogP contribution in [0.5, 0.6) is 0 Å². The number of anilines is 2. The number of hydrogen-bond acceptors (Lipinski definition) is 4. The Morgan fingerprint density at radius 3 is 2.90 bits per heavy atom. The predicted octanol–water partition coefficient (Wildman–Crippen LogP) is 2.65. The molecule has 0 radical (unpaired) electrons. The molecule has 0 unspecified atom stereocenters. The van der Waals surface area contributed by atoms with Crippen molar-refractivity contribution in [3.05, 3.63) is 48.4 Å². The number of aromatic nitrogens is 3. The van der Waals surface area contributed by atoms with Crippen LogP contribution in [0, 0.1) is 0 Å². The Morgan fingerprint density at radius 2 is 2.00 bits per heavy atom. The van der Waals surface area contributed by atoms with Gasteiger partial charge in [-0.1, -0.05) is 18.2 Å². The molecule has 0 aliphatic heterocycles. The summed E-state index contributed by atoms with van der Waals surface area (Å²) in [5.41, 5.74) is 2.50. The Hall–Kier alpha value is -2.56. The van der Waals surface area contributed by atoms with E-state index in [0.717, 1.165) is 24.6 Å². The molecular weight excluding hydrogens is 250 g/mol. The van der Waals surface area contributed by atoms with E-state index in [1.54, 1.807) is 6.33 Å². The zero-order valence-electron chi connectivity index (χ0n) is 11.4. The highest BCUT2D eigenvalue weighted by Gasteiger charge is 2.03. The summed E-state index contributed by atoms with van der Waals surface area (Å²) < 4.78 is 0. The van der Waals surface area contributed by atoms with Crippen molar-refractivity contribution in [1.82, 2.24) is 15.0 Å². The Morgan fingerprint density at radius 1 is 1.15 bits per heavy atom. The number of H-pyrrole nitrogens is 1. The van der Waals surface area contributed by atoms with E-state index in [1.807, 2.05) is 19.2 Å². The zero-order chi connectivity index (χ0) is 13.8. The SMILES string of the molecule is CNc1cc(NCCc2c[nH]c3ccccc23)ncn1. The molecule has 3 rings (SSSR count). The highest BCUT2D eigenvalue weighted by Crippen LogP contribution is 2.18. The minimum absolute atomic E-state index is 0.814. The molecule has 102 valence electrons. The molecule has 20 heavy (non-hydrogen) atoms. The van der Waals surface area contributed by atoms with Crippen LogP contribution in [0.3, 0.4) is 0 Å². The first-order valence-corrected chi connectivity index (χ1v) is 6.65. The van der Waals surface area contributed by atoms with Crippen LogP contribution in [0.1, 0.15) is 5.56 Å². The van der Waals surface area contributed by atoms with Crippen LogP contribution in [0.4, 0.5) is 11.6 Å². The second-order valence-electron chi connectivity index (χ2n) is 4.57. The summed E-state index contributed by atoms with van der Waals surface area (Å²) in [6.45, 7) is 0.835. The van der Waals surface area contributed by atoms with Gasteiger partial charge in [-0.05, 0) is 18.1 Å². The van der Waals surface area contributed by atoms with Crippen LogP contribution in [0.25, 0.3) is 10.9 Å². The van der Waals surface area contributed by atoms with Gasteiger partial charge in [-0.25, -0.2) is 9.97 Å². The van der Waals surface area contributed by atoms with Gasteiger partial charge in [0.2, 0.25) is 0 Å². The van der Waals surface area contributed by atoms with Crippen LogP contribution in [0.2, 0.25) is 0 Å². The molecule has 0 atom stereocenters. The van der Waals surface area contributed by atoms with Crippen molar-refractivity contribution in [1.29, 1.82) is 0 Å². The topological polar surface area (TPSA) is 65.6 Å². The van der Waals surface area contributed by atoms with Crippen LogP contribution < -0.4 is 10.6 Å². The predicted molar refractivity (Wildman–Crippen MR) is 82.1 cm³/mol. The lowest BCUT2D eigenvalue weighted by Crippen LogP contribution is -2.07. The molecule has 5 heteroatoms. The standard InChI is InChI=1S/C15H17N5/c1-16-14-8-15(20-10-19-14)17-7-6-11-9-18-13-5-3-2-4-12(11)13/h2-5,8-10,18H,6-7H2,1H3,(H2,16,17,19,20). The van der Waals surface area contributed by atoms with E-state index >= 15 is 0 Å². The molecule has 3 N–H and O–H groups in total. The van der Waals surface area contributed by atoms with E-state index in [4.69, 9.17) is 0 Å². The van der Waals surface area contributed by atoms with E-state index in [0.29, 0.717) is 0 Å². The summed E-state index contributed by atoms with van der Waals surface area (Å²) in [5.74, 6) is 1.65. The second kappa shape index (κ2) is 5.61. The van der Waals surface area contributed by atoms with E-state index in [2.05, 4.69) is 50.0 Å². The molecule has 0 saturated heterocycles. The lowest BCUT2D eigenvalue weighted by Gasteiger charge is -2.06. The van der Waals surface area contributed by atoms with Gasteiger partial charge in [-0.2, -0.15) is 0 Å². The maximum Gasteiger partial charge on any atom is 0.131 e. The number of para-hydroxylation sites is 1. The summed E-state index contributed by atoms with van der Waals surface area (Å²) in [5, 5.41) is 7.60. The molecular formula is C15H17N5. The van der Waals surface area contributed by atoms with Crippen molar-refractivity contribution in [2.24, 2.45) is 0 Å². The van der Waals surface area contributed by atoms with Crippen molar-refractivity contribution in [3.8, 4) is 0 Å². The van der Waals surface area contributed by atoms with Crippen LogP contribution >= 0.6 is 0 Å². The van der Waals surface area contributed by atoms with Gasteiger partial charge < -0.3 is 15.6 Å². The summed E-state index contributed by atoms with van der Waals surface area (Å²) in [6, 6.07) is 10.2. The van der Waals surface area contributed by atoms with E-state index < -0.39 is 0 Å². The third-order valence-corrected chi connectivity index (χ3v) is 3.30. The maximum atomic E-state index is 4.20. The minimum atomic E-state index is 0.814. The summed E-state index contributed by atoms with van der Waals surface area (Å²) in [4.78, 5) is 11.6. The smallest absolute Gasteiger partial charge is 0.131 e. The molecule has 5 nitrogen and oxygen atoms in total. The molecule has 0 aliphatic rings. The largest absolute Gasteiger partial charge is 0.373 e. The van der Waals surface area contributed by atoms with Gasteiger partial charge in [0, 0.05) is 36.8 Å². The third kappa shape index (κ3) is 2.56. The molecule has 0 fully saturated rings. The van der Waals surface area contributed by atoms with Crippen molar-refractivity contribution >= 4 is 22.5 Å². The van der Waals surface area contributed by atoms with Crippen molar-refractivity contribution < 1.29 is 0 Å². The Labute approximate surface area is 117 Å². The molecule has 0 aliphatic carbocycles. The first-order valence-electron chi connectivity index (χ1n) is 6.65. The third-order valence-electron chi connectivity index (χ3n) is 3.30. The average Bonchev–Trinajstić information content (AvgIpc) is 2.91. The monoisotopic (exact) mass is 267 g/mol. The first-order chi connectivity index (χ1) is 9.86. The van der Waals surface area contributed by atoms with Gasteiger partial charge in [0.1, 0.15) is 18.0 Å². The molecule has 0 bridgehead atoms. The fourth-order valence-corrected chi connectivity index (χ4v) is 2.25. The first kappa shape index (κ1) is 12.5. The van der Waals surface area contributed by atoms with E-state index in [1.165, 1.54) is 16.5 Å². The molecule has 2 heterocycles. The highest BCUT2D eigenvalue weighted by molar-refractivity contribution is 5.83. The number of nitrogens with zero attached hydrogens (tertiary/aromatic N) is 2. The quantitative estimate of drug-likeness (QED) is 0.665. The maximum absolute atomic E-state index is 4.20. The van der Waals surface area contributed by atoms with Crippen molar-refractivity contribution in [3.63, 3.8) is 0 Å². The number of fused-ring (bicyclic) bond motifs is 1. The lowest BCUT2D eigenvalue weighted by molar-refractivity contribution is 1.01. The van der Waals surface area contributed by atoms with Gasteiger partial charge in [0.05, 0.1) is 0 Å². The summed E-state index contributed by atoms with van der Waals surface area (Å²) in [6.07, 6.45) is 4.58. The van der Waals surface area contributed by atoms with Crippen LogP contribution in [-0.4, -0.2) is 28.5 Å². The number of aromatic amines is 1. The average molecular weight is 267 g/mol. The van der Waals surface area contributed by atoms with Gasteiger partial charge in [0.15, 0.2) is 0 Å². The Kier molecular flexibility index (Phi) is 3.50. The molecule has 1 aromatic carbocycles. The molecule has 3 aromatic rings. The lowest BCUT2D eigenvalue weighted by atomic mass is 10.1. The molecule has 2 aromatic heterocycles. The van der Waals surface area contributed by atoms with Crippen molar-refractivity contribution in [2.75, 3.05) is 24.2 Å². The van der Waals surface area contributed by atoms with Gasteiger partial charge in [-0.15, -0.1) is 0 Å². The van der Waals surface area contributed by atoms with E-state index in [9.17, 15) is 0 Å². The number of benzene rings is 1. The van der Waals surface area contributed by atoms with Gasteiger partial charge in [-0.3, -0.25) is 0 Å². The van der Waals surface area contributed by atoms with Crippen LogP contribution in [0.15, 0.2) is 42.9 Å². The number of hydrogen-bond donors (Lipinski definition) is 3. The Balaban J connectivity index is 1.65. The fourth-order valence-electron chi connectivity index (χ4n) is 2.25. The van der Waals surface area contributed by atoms with Crippen LogP contribution in [-0.2, 0) is 6.42 Å². The fraction of sp³-hybridized carbons (Fsp3) is 0.200. The number of nitrogens with one attached hydrogen (secondary N) is 3. The molecule has 0 spiro atoms. The summed E-state index contributed by atoms with van der Waals surface area (Å²) >= 11 is 0. The summed E-state index contributed by atoms with van der Waals surface area (Å²) in [7, 11) is 1.85. The van der Waals surface area contributed by atoms with Gasteiger partial charge in [0.25, 0.3) is 0 Å². The van der Waals surface area contributed by atoms with Gasteiger partial charge >= 0.3 is 0 Å². The van der Waals surface area contributed by atoms with Crippen molar-refractivity contribution in [2.45, 2.75) is 6.42 Å². The normalized spacial score (nSPS) is 10.7. The number of rotatable bonds is 5. The molecule has 0 saturated carbocycles.